The summed E-state index contributed by atoms with van der Waals surface area (Å²) in [6.45, 7) is 2.42. The molecule has 144 valence electrons. The van der Waals surface area contributed by atoms with E-state index in [0.29, 0.717) is 33.6 Å². The van der Waals surface area contributed by atoms with E-state index < -0.39 is 0 Å². The molecule has 0 spiro atoms. The van der Waals surface area contributed by atoms with Gasteiger partial charge in [-0.1, -0.05) is 65.4 Å². The highest BCUT2D eigenvalue weighted by molar-refractivity contribution is 8.26. The van der Waals surface area contributed by atoms with E-state index in [-0.39, 0.29) is 11.8 Å². The number of amides is 2. The summed E-state index contributed by atoms with van der Waals surface area (Å²) < 4.78 is 0.518. The van der Waals surface area contributed by atoms with Crippen LogP contribution in [0.4, 0.5) is 5.69 Å². The maximum atomic E-state index is 12.6. The van der Waals surface area contributed by atoms with Gasteiger partial charge in [-0.3, -0.25) is 14.5 Å². The molecule has 4 nitrogen and oxygen atoms in total. The van der Waals surface area contributed by atoms with Crippen LogP contribution in [0.2, 0.25) is 5.02 Å². The van der Waals surface area contributed by atoms with E-state index in [1.165, 1.54) is 11.8 Å². The van der Waals surface area contributed by atoms with Crippen LogP contribution in [0.3, 0.4) is 0 Å². The van der Waals surface area contributed by atoms with E-state index in [0.717, 1.165) is 16.8 Å². The highest BCUT2D eigenvalue weighted by Crippen LogP contribution is 2.32. The van der Waals surface area contributed by atoms with Crippen molar-refractivity contribution in [1.29, 1.82) is 0 Å². The fourth-order valence-electron chi connectivity index (χ4n) is 2.66. The Morgan fingerprint density at radius 3 is 2.54 bits per heavy atom. The minimum atomic E-state index is -0.121. The molecule has 2 aromatic rings. The van der Waals surface area contributed by atoms with Gasteiger partial charge < -0.3 is 5.32 Å². The molecule has 0 radical (unpaired) electrons. The summed E-state index contributed by atoms with van der Waals surface area (Å²) in [5.74, 6) is -0.199. The lowest BCUT2D eigenvalue weighted by atomic mass is 10.2. The number of nitrogens with zero attached hydrogens (tertiary/aromatic N) is 1. The zero-order chi connectivity index (χ0) is 20.1. The molecule has 0 aliphatic carbocycles. The molecule has 1 aliphatic heterocycles. The Hall–Kier alpha value is -2.15. The van der Waals surface area contributed by atoms with E-state index >= 15 is 0 Å². The predicted molar refractivity (Wildman–Crippen MR) is 120 cm³/mol. The molecular formula is C21H19ClN2O2S2. The van der Waals surface area contributed by atoms with Crippen molar-refractivity contribution in [3.8, 4) is 0 Å². The Bertz CT molecular complexity index is 924. The highest BCUT2D eigenvalue weighted by Gasteiger charge is 2.31. The maximum absolute atomic E-state index is 12.6. The molecule has 0 aromatic heterocycles. The number of rotatable bonds is 6. The molecule has 0 saturated carbocycles. The minimum absolute atomic E-state index is 0.0778. The number of aryl methyl sites for hydroxylation is 1. The zero-order valence-corrected chi connectivity index (χ0v) is 17.7. The molecule has 0 bridgehead atoms. The van der Waals surface area contributed by atoms with Gasteiger partial charge in [0.2, 0.25) is 5.91 Å². The van der Waals surface area contributed by atoms with E-state index in [1.54, 1.807) is 23.1 Å². The predicted octanol–water partition coefficient (Wildman–Crippen LogP) is 5.27. The van der Waals surface area contributed by atoms with Gasteiger partial charge in [0.25, 0.3) is 5.91 Å². The van der Waals surface area contributed by atoms with Crippen molar-refractivity contribution in [2.24, 2.45) is 0 Å². The second-order valence-corrected chi connectivity index (χ2v) is 8.51. The summed E-state index contributed by atoms with van der Waals surface area (Å²) in [6, 6.07) is 14.9. The Morgan fingerprint density at radius 2 is 1.86 bits per heavy atom. The Morgan fingerprint density at radius 1 is 1.18 bits per heavy atom. The summed E-state index contributed by atoms with van der Waals surface area (Å²) in [5, 5.41) is 3.51. The van der Waals surface area contributed by atoms with Crippen molar-refractivity contribution in [2.75, 3.05) is 11.9 Å². The van der Waals surface area contributed by atoms with Gasteiger partial charge in [-0.15, -0.1) is 0 Å². The Balaban J connectivity index is 1.52. The number of carbonyl (C=O) groups excluding carboxylic acids is 2. The number of anilines is 1. The van der Waals surface area contributed by atoms with Gasteiger partial charge in [-0.2, -0.15) is 0 Å². The van der Waals surface area contributed by atoms with Crippen molar-refractivity contribution in [3.05, 3.63) is 69.6 Å². The van der Waals surface area contributed by atoms with Crippen molar-refractivity contribution in [3.63, 3.8) is 0 Å². The molecule has 2 aromatic carbocycles. The van der Waals surface area contributed by atoms with Gasteiger partial charge in [0.1, 0.15) is 4.32 Å². The number of benzene rings is 2. The van der Waals surface area contributed by atoms with Crippen LogP contribution in [0, 0.1) is 6.92 Å². The number of carbonyl (C=O) groups is 2. The van der Waals surface area contributed by atoms with Gasteiger partial charge in [0.15, 0.2) is 0 Å². The third-order valence-corrected chi connectivity index (χ3v) is 5.79. The first-order valence-electron chi connectivity index (χ1n) is 8.80. The Kier molecular flexibility index (Phi) is 6.88. The van der Waals surface area contributed by atoms with Crippen LogP contribution in [0.25, 0.3) is 6.08 Å². The van der Waals surface area contributed by atoms with E-state index in [4.69, 9.17) is 23.8 Å². The van der Waals surface area contributed by atoms with Crippen LogP contribution >= 0.6 is 35.6 Å². The average molecular weight is 431 g/mol. The fourth-order valence-corrected chi connectivity index (χ4v) is 4.10. The molecule has 7 heteroatoms. The lowest BCUT2D eigenvalue weighted by molar-refractivity contribution is -0.122. The molecular weight excluding hydrogens is 412 g/mol. The molecule has 0 unspecified atom stereocenters. The van der Waals surface area contributed by atoms with Crippen LogP contribution in [-0.2, 0) is 9.59 Å². The van der Waals surface area contributed by atoms with Crippen molar-refractivity contribution >= 4 is 63.5 Å². The van der Waals surface area contributed by atoms with Gasteiger partial charge in [-0.25, -0.2) is 0 Å². The van der Waals surface area contributed by atoms with Gasteiger partial charge in [0, 0.05) is 23.7 Å². The lowest BCUT2D eigenvalue weighted by Crippen LogP contribution is -2.29. The number of halogens is 1. The minimum Gasteiger partial charge on any atom is -0.326 e. The first-order chi connectivity index (χ1) is 13.4. The van der Waals surface area contributed by atoms with Crippen molar-refractivity contribution < 1.29 is 9.59 Å². The number of hydrogen-bond acceptors (Lipinski definition) is 4. The molecule has 1 aliphatic rings. The van der Waals surface area contributed by atoms with Gasteiger partial charge in [-0.05, 0) is 49.2 Å². The maximum Gasteiger partial charge on any atom is 0.266 e. The number of nitrogens with one attached hydrogen (secondary N) is 1. The molecule has 28 heavy (non-hydrogen) atoms. The van der Waals surface area contributed by atoms with Crippen LogP contribution in [0.15, 0.2) is 53.4 Å². The summed E-state index contributed by atoms with van der Waals surface area (Å²) in [7, 11) is 0. The van der Waals surface area contributed by atoms with E-state index in [9.17, 15) is 9.59 Å². The second kappa shape index (κ2) is 9.37. The molecule has 1 fully saturated rings. The molecule has 1 saturated heterocycles. The first kappa shape index (κ1) is 20.6. The quantitative estimate of drug-likeness (QED) is 0.501. The highest BCUT2D eigenvalue weighted by atomic mass is 35.5. The summed E-state index contributed by atoms with van der Waals surface area (Å²) in [4.78, 5) is 26.8. The van der Waals surface area contributed by atoms with Gasteiger partial charge >= 0.3 is 0 Å². The summed E-state index contributed by atoms with van der Waals surface area (Å²) in [5.41, 5.74) is 2.80. The van der Waals surface area contributed by atoms with E-state index in [1.807, 2.05) is 43.3 Å². The van der Waals surface area contributed by atoms with Crippen LogP contribution in [-0.4, -0.2) is 27.6 Å². The largest absolute Gasteiger partial charge is 0.326 e. The SMILES string of the molecule is Cc1ccc(NC(=O)CCCN2C(=O)/C(=C/c3ccc(Cl)cc3)SC2=S)cc1. The molecule has 1 N–H and O–H groups in total. The average Bonchev–Trinajstić information content (AvgIpc) is 2.93. The fraction of sp³-hybridized carbons (Fsp3) is 0.190. The standard InChI is InChI=1S/C21H19ClN2O2S2/c1-14-4-10-17(11-5-14)23-19(25)3-2-12-24-20(26)18(28-21(24)27)13-15-6-8-16(22)9-7-15/h4-11,13H,2-3,12H2,1H3,(H,23,25)/b18-13-. The lowest BCUT2D eigenvalue weighted by Gasteiger charge is -2.14. The number of thiocarbonyl (C=S) groups is 1. The van der Waals surface area contributed by atoms with Gasteiger partial charge in [0.05, 0.1) is 4.91 Å². The third kappa shape index (κ3) is 5.44. The molecule has 2 amide bonds. The van der Waals surface area contributed by atoms with Crippen molar-refractivity contribution in [1.82, 2.24) is 4.90 Å². The van der Waals surface area contributed by atoms with Crippen LogP contribution in [0.5, 0.6) is 0 Å². The van der Waals surface area contributed by atoms with E-state index in [2.05, 4.69) is 5.32 Å². The first-order valence-corrected chi connectivity index (χ1v) is 10.4. The number of hydrogen-bond donors (Lipinski definition) is 1. The molecule has 1 heterocycles. The number of thioether (sulfide) groups is 1. The zero-order valence-electron chi connectivity index (χ0n) is 15.3. The summed E-state index contributed by atoms with van der Waals surface area (Å²) in [6.07, 6.45) is 2.67. The molecule has 0 atom stereocenters. The summed E-state index contributed by atoms with van der Waals surface area (Å²) >= 11 is 12.5. The normalized spacial score (nSPS) is 15.4. The third-order valence-electron chi connectivity index (χ3n) is 4.16. The topological polar surface area (TPSA) is 49.4 Å². The molecule has 3 rings (SSSR count). The Labute approximate surface area is 178 Å². The monoisotopic (exact) mass is 430 g/mol. The second-order valence-electron chi connectivity index (χ2n) is 6.40. The smallest absolute Gasteiger partial charge is 0.266 e. The van der Waals surface area contributed by atoms with Crippen LogP contribution < -0.4 is 5.32 Å². The van der Waals surface area contributed by atoms with Crippen molar-refractivity contribution in [2.45, 2.75) is 19.8 Å². The van der Waals surface area contributed by atoms with Crippen LogP contribution in [0.1, 0.15) is 24.0 Å².